The summed E-state index contributed by atoms with van der Waals surface area (Å²) in [6, 6.07) is 5.99. The van der Waals surface area contributed by atoms with Gasteiger partial charge in [0.15, 0.2) is 0 Å². The number of carboxylic acid groups (broad SMARTS) is 1. The van der Waals surface area contributed by atoms with Crippen LogP contribution in [-0.4, -0.2) is 72.0 Å². The van der Waals surface area contributed by atoms with E-state index in [1.165, 1.54) is 31.4 Å². The number of hydrogen-bond acceptors (Lipinski definition) is 4. The van der Waals surface area contributed by atoms with Gasteiger partial charge in [-0.15, -0.1) is 0 Å². The zero-order valence-electron chi connectivity index (χ0n) is 16.0. The van der Waals surface area contributed by atoms with Gasteiger partial charge in [-0.05, 0) is 50.9 Å². The van der Waals surface area contributed by atoms with Crippen molar-refractivity contribution in [2.75, 3.05) is 32.7 Å². The monoisotopic (exact) mass is 393 g/mol. The van der Waals surface area contributed by atoms with Crippen molar-refractivity contribution in [2.45, 2.75) is 38.1 Å². The highest BCUT2D eigenvalue weighted by Gasteiger charge is 2.26. The molecule has 2 saturated heterocycles. The van der Waals surface area contributed by atoms with Crippen LogP contribution in [0.2, 0.25) is 0 Å². The summed E-state index contributed by atoms with van der Waals surface area (Å²) in [6.45, 7) is 3.58. The molecule has 0 unspecified atom stereocenters. The molecule has 7 nitrogen and oxygen atoms in total. The third-order valence-electron chi connectivity index (χ3n) is 5.11. The number of nitrogens with one attached hydrogen (secondary N) is 1. The van der Waals surface area contributed by atoms with Crippen molar-refractivity contribution in [1.82, 2.24) is 15.1 Å². The highest BCUT2D eigenvalue weighted by molar-refractivity contribution is 5.94. The number of hydrogen-bond donors (Lipinski definition) is 2. The number of likely N-dealkylation sites (tertiary alicyclic amines) is 2. The minimum absolute atomic E-state index is 0.00820. The number of carbonyl (C=O) groups is 3. The van der Waals surface area contributed by atoms with E-state index in [-0.39, 0.29) is 29.9 Å². The van der Waals surface area contributed by atoms with E-state index in [2.05, 4.69) is 10.2 Å². The van der Waals surface area contributed by atoms with E-state index >= 15 is 0 Å². The van der Waals surface area contributed by atoms with E-state index < -0.39 is 5.82 Å². The number of nitrogens with zero attached hydrogens (tertiary/aromatic N) is 2. The fourth-order valence-corrected chi connectivity index (χ4v) is 3.59. The molecular weight excluding hydrogens is 365 g/mol. The van der Waals surface area contributed by atoms with E-state index in [1.54, 1.807) is 12.1 Å². The number of amides is 2. The average Bonchev–Trinajstić information content (AvgIpc) is 2.70. The third kappa shape index (κ3) is 6.60. The summed E-state index contributed by atoms with van der Waals surface area (Å²) in [5.74, 6) is -0.703. The Labute approximate surface area is 164 Å². The standard InChI is InChI=1S/C19H26FN3O2.CH2O2/c20-17-7-3-2-6-16(17)19(25)21-15-8-12-23(13-9-15)18(24)14-22-10-4-1-5-11-22;2-1-3/h2-3,6-7,15H,1,4-5,8-14H2,(H,21,25);1H,(H,2,3). The molecule has 2 aliphatic heterocycles. The molecule has 2 amide bonds. The fraction of sp³-hybridized carbons (Fsp3) is 0.550. The predicted octanol–water partition coefficient (Wildman–Crippen LogP) is 1.73. The summed E-state index contributed by atoms with van der Waals surface area (Å²) in [7, 11) is 0. The van der Waals surface area contributed by atoms with Crippen LogP contribution in [0.5, 0.6) is 0 Å². The Bertz CT molecular complexity index is 657. The topological polar surface area (TPSA) is 90.0 Å². The van der Waals surface area contributed by atoms with Crippen LogP contribution in [0.3, 0.4) is 0 Å². The molecule has 0 spiro atoms. The summed E-state index contributed by atoms with van der Waals surface area (Å²) in [6.07, 6.45) is 5.05. The van der Waals surface area contributed by atoms with Gasteiger partial charge in [0.05, 0.1) is 12.1 Å². The second-order valence-electron chi connectivity index (χ2n) is 7.05. The van der Waals surface area contributed by atoms with Crippen LogP contribution in [0.4, 0.5) is 4.39 Å². The van der Waals surface area contributed by atoms with Crippen LogP contribution in [0, 0.1) is 5.82 Å². The lowest BCUT2D eigenvalue weighted by Crippen LogP contribution is -2.49. The van der Waals surface area contributed by atoms with Crippen molar-refractivity contribution in [1.29, 1.82) is 0 Å². The molecule has 28 heavy (non-hydrogen) atoms. The summed E-state index contributed by atoms with van der Waals surface area (Å²) in [5.41, 5.74) is 0.0751. The Morgan fingerprint density at radius 3 is 2.32 bits per heavy atom. The molecule has 2 aliphatic rings. The Morgan fingerprint density at radius 1 is 1.11 bits per heavy atom. The fourth-order valence-electron chi connectivity index (χ4n) is 3.59. The van der Waals surface area contributed by atoms with Gasteiger partial charge >= 0.3 is 0 Å². The van der Waals surface area contributed by atoms with Crippen molar-refractivity contribution in [2.24, 2.45) is 0 Å². The molecule has 2 heterocycles. The van der Waals surface area contributed by atoms with E-state index in [9.17, 15) is 14.0 Å². The van der Waals surface area contributed by atoms with Crippen molar-refractivity contribution in [3.05, 3.63) is 35.6 Å². The molecule has 0 bridgehead atoms. The van der Waals surface area contributed by atoms with Gasteiger partial charge in [0.25, 0.3) is 12.4 Å². The van der Waals surface area contributed by atoms with Crippen LogP contribution in [-0.2, 0) is 9.59 Å². The van der Waals surface area contributed by atoms with Gasteiger partial charge in [-0.1, -0.05) is 18.6 Å². The van der Waals surface area contributed by atoms with Crippen LogP contribution in [0.1, 0.15) is 42.5 Å². The van der Waals surface area contributed by atoms with Gasteiger partial charge in [0.1, 0.15) is 5.82 Å². The van der Waals surface area contributed by atoms with Gasteiger partial charge in [-0.2, -0.15) is 0 Å². The van der Waals surface area contributed by atoms with Gasteiger partial charge < -0.3 is 15.3 Å². The molecule has 2 N–H and O–H groups in total. The first-order valence-corrected chi connectivity index (χ1v) is 9.68. The first-order valence-electron chi connectivity index (χ1n) is 9.68. The Kier molecular flexibility index (Phi) is 8.87. The molecule has 0 saturated carbocycles. The summed E-state index contributed by atoms with van der Waals surface area (Å²) in [5, 5.41) is 9.78. The molecule has 8 heteroatoms. The van der Waals surface area contributed by atoms with Crippen molar-refractivity contribution < 1.29 is 23.9 Å². The second kappa shape index (κ2) is 11.4. The molecule has 1 aromatic carbocycles. The molecule has 0 atom stereocenters. The summed E-state index contributed by atoms with van der Waals surface area (Å²) >= 11 is 0. The maximum absolute atomic E-state index is 13.7. The number of halogens is 1. The average molecular weight is 393 g/mol. The van der Waals surface area contributed by atoms with Crippen molar-refractivity contribution in [3.63, 3.8) is 0 Å². The minimum Gasteiger partial charge on any atom is -0.483 e. The molecule has 0 radical (unpaired) electrons. The van der Waals surface area contributed by atoms with Gasteiger partial charge in [0, 0.05) is 19.1 Å². The summed E-state index contributed by atoms with van der Waals surface area (Å²) in [4.78, 5) is 37.1. The molecular formula is C20H28FN3O4. The van der Waals surface area contributed by atoms with E-state index in [1.807, 2.05) is 4.90 Å². The van der Waals surface area contributed by atoms with Gasteiger partial charge in [0.2, 0.25) is 5.91 Å². The van der Waals surface area contributed by atoms with Crippen molar-refractivity contribution in [3.8, 4) is 0 Å². The molecule has 154 valence electrons. The lowest BCUT2D eigenvalue weighted by Gasteiger charge is -2.34. The number of carbonyl (C=O) groups excluding carboxylic acids is 2. The highest BCUT2D eigenvalue weighted by Crippen LogP contribution is 2.14. The maximum Gasteiger partial charge on any atom is 0.290 e. The maximum atomic E-state index is 13.7. The Morgan fingerprint density at radius 2 is 1.71 bits per heavy atom. The largest absolute Gasteiger partial charge is 0.483 e. The van der Waals surface area contributed by atoms with E-state index in [4.69, 9.17) is 9.90 Å². The SMILES string of the molecule is O=C(NC1CCN(C(=O)CN2CCCCC2)CC1)c1ccccc1F.O=CO. The van der Waals surface area contributed by atoms with Gasteiger partial charge in [-0.25, -0.2) is 4.39 Å². The Hall–Kier alpha value is -2.48. The molecule has 1 aromatic rings. The molecule has 2 fully saturated rings. The number of piperidine rings is 2. The van der Waals surface area contributed by atoms with Crippen molar-refractivity contribution >= 4 is 18.3 Å². The third-order valence-corrected chi connectivity index (χ3v) is 5.11. The molecule has 0 aliphatic carbocycles. The zero-order chi connectivity index (χ0) is 20.4. The second-order valence-corrected chi connectivity index (χ2v) is 7.05. The quantitative estimate of drug-likeness (QED) is 0.761. The van der Waals surface area contributed by atoms with E-state index in [0.29, 0.717) is 32.5 Å². The number of benzene rings is 1. The van der Waals surface area contributed by atoms with Crippen LogP contribution in [0.15, 0.2) is 24.3 Å². The zero-order valence-corrected chi connectivity index (χ0v) is 16.0. The normalized spacial score (nSPS) is 18.0. The predicted molar refractivity (Wildman–Crippen MR) is 102 cm³/mol. The van der Waals surface area contributed by atoms with Gasteiger partial charge in [-0.3, -0.25) is 19.3 Å². The van der Waals surface area contributed by atoms with E-state index in [0.717, 1.165) is 13.1 Å². The lowest BCUT2D eigenvalue weighted by atomic mass is 10.0. The first kappa shape index (κ1) is 21.8. The summed E-state index contributed by atoms with van der Waals surface area (Å²) < 4.78 is 13.7. The van der Waals surface area contributed by atoms with Crippen LogP contribution >= 0.6 is 0 Å². The van der Waals surface area contributed by atoms with Crippen LogP contribution < -0.4 is 5.32 Å². The van der Waals surface area contributed by atoms with Crippen LogP contribution in [0.25, 0.3) is 0 Å². The first-order chi connectivity index (χ1) is 13.5. The molecule has 3 rings (SSSR count). The highest BCUT2D eigenvalue weighted by atomic mass is 19.1. The Balaban J connectivity index is 0.000000878. The number of rotatable bonds is 4. The lowest BCUT2D eigenvalue weighted by molar-refractivity contribution is -0.133. The molecule has 0 aromatic heterocycles. The smallest absolute Gasteiger partial charge is 0.290 e. The minimum atomic E-state index is -0.505.